The third-order valence-corrected chi connectivity index (χ3v) is 8.80. The van der Waals surface area contributed by atoms with Gasteiger partial charge in [-0.3, -0.25) is 9.59 Å². The molecule has 182 valence electrons. The molecular weight excluding hydrogens is 450 g/mol. The normalized spacial score (nSPS) is 19.1. The highest BCUT2D eigenvalue weighted by molar-refractivity contribution is 7.89. The molecule has 2 heterocycles. The number of rotatable bonds is 6. The number of benzene rings is 2. The van der Waals surface area contributed by atoms with E-state index in [0.29, 0.717) is 38.9 Å². The standard InChI is InChI=1S/C26H33N3O4S/c1-18-4-6-21(7-5-18)10-13-27-26(31)22-11-14-28(15-12-22)34(32,33)24-8-9-25-23(17-24)16-19(2)29(25)20(3)30/h4-9,17,19,22H,10-16H2,1-3H3,(H,27,31)/t19-/m1/s1. The highest BCUT2D eigenvalue weighted by Crippen LogP contribution is 2.35. The molecule has 0 unspecified atom stereocenters. The second kappa shape index (κ2) is 9.88. The number of nitrogens with zero attached hydrogens (tertiary/aromatic N) is 2. The van der Waals surface area contributed by atoms with Crippen LogP contribution >= 0.6 is 0 Å². The van der Waals surface area contributed by atoms with Crippen LogP contribution in [0, 0.1) is 12.8 Å². The van der Waals surface area contributed by atoms with Gasteiger partial charge < -0.3 is 10.2 Å². The van der Waals surface area contributed by atoms with Crippen molar-refractivity contribution in [2.75, 3.05) is 24.5 Å². The first-order valence-electron chi connectivity index (χ1n) is 11.9. The average Bonchev–Trinajstić information content (AvgIpc) is 3.15. The van der Waals surface area contributed by atoms with E-state index in [9.17, 15) is 18.0 Å². The smallest absolute Gasteiger partial charge is 0.243 e. The summed E-state index contributed by atoms with van der Waals surface area (Å²) in [6.07, 6.45) is 2.44. The lowest BCUT2D eigenvalue weighted by Gasteiger charge is -2.30. The van der Waals surface area contributed by atoms with Crippen molar-refractivity contribution in [2.45, 2.75) is 57.4 Å². The Morgan fingerprint density at radius 2 is 1.74 bits per heavy atom. The summed E-state index contributed by atoms with van der Waals surface area (Å²) in [5.41, 5.74) is 4.07. The number of fused-ring (bicyclic) bond motifs is 1. The van der Waals surface area contributed by atoms with Crippen LogP contribution in [0.15, 0.2) is 47.4 Å². The third kappa shape index (κ3) is 5.03. The molecule has 8 heteroatoms. The molecule has 4 rings (SSSR count). The molecule has 1 N–H and O–H groups in total. The molecule has 1 fully saturated rings. The van der Waals surface area contributed by atoms with Crippen LogP contribution in [0.2, 0.25) is 0 Å². The molecule has 34 heavy (non-hydrogen) atoms. The Hall–Kier alpha value is -2.71. The molecule has 1 saturated heterocycles. The number of aryl methyl sites for hydroxylation is 1. The Labute approximate surface area is 202 Å². The Bertz CT molecular complexity index is 1170. The summed E-state index contributed by atoms with van der Waals surface area (Å²) in [6.45, 7) is 6.76. The summed E-state index contributed by atoms with van der Waals surface area (Å²) in [4.78, 5) is 26.5. The molecule has 2 aromatic rings. The first-order valence-corrected chi connectivity index (χ1v) is 13.4. The molecule has 2 aromatic carbocycles. The van der Waals surface area contributed by atoms with E-state index < -0.39 is 10.0 Å². The summed E-state index contributed by atoms with van der Waals surface area (Å²) in [5, 5.41) is 3.01. The Morgan fingerprint density at radius 1 is 1.06 bits per heavy atom. The zero-order valence-corrected chi connectivity index (χ0v) is 20.9. The maximum absolute atomic E-state index is 13.3. The number of hydrogen-bond acceptors (Lipinski definition) is 4. The minimum absolute atomic E-state index is 0.00000201. The van der Waals surface area contributed by atoms with E-state index in [2.05, 4.69) is 29.6 Å². The van der Waals surface area contributed by atoms with Crippen molar-refractivity contribution in [3.63, 3.8) is 0 Å². The SMILES string of the molecule is CC(=O)N1c2ccc(S(=O)(=O)N3CCC(C(=O)NCCc4ccc(C)cc4)CC3)cc2C[C@H]1C. The summed E-state index contributed by atoms with van der Waals surface area (Å²) in [5.74, 6) is -0.212. The fourth-order valence-electron chi connectivity index (χ4n) is 4.98. The lowest BCUT2D eigenvalue weighted by Crippen LogP contribution is -2.43. The Morgan fingerprint density at radius 3 is 2.38 bits per heavy atom. The fraction of sp³-hybridized carbons (Fsp3) is 0.462. The van der Waals surface area contributed by atoms with Crippen LogP contribution in [0.5, 0.6) is 0 Å². The van der Waals surface area contributed by atoms with Gasteiger partial charge in [0.05, 0.1) is 4.90 Å². The first-order chi connectivity index (χ1) is 16.2. The van der Waals surface area contributed by atoms with E-state index >= 15 is 0 Å². The van der Waals surface area contributed by atoms with E-state index in [-0.39, 0.29) is 28.7 Å². The van der Waals surface area contributed by atoms with Gasteiger partial charge >= 0.3 is 0 Å². The maximum atomic E-state index is 13.3. The van der Waals surface area contributed by atoms with E-state index in [1.165, 1.54) is 22.4 Å². The Kier molecular flexibility index (Phi) is 7.09. The number of piperidine rings is 1. The molecule has 2 aliphatic heterocycles. The molecule has 0 bridgehead atoms. The number of anilines is 1. The zero-order chi connectivity index (χ0) is 24.5. The van der Waals surface area contributed by atoms with Crippen LogP contribution in [0.1, 0.15) is 43.4 Å². The summed E-state index contributed by atoms with van der Waals surface area (Å²) in [6, 6.07) is 13.3. The predicted octanol–water partition coefficient (Wildman–Crippen LogP) is 3.05. The van der Waals surface area contributed by atoms with Gasteiger partial charge in [-0.15, -0.1) is 0 Å². The van der Waals surface area contributed by atoms with Crippen molar-refractivity contribution in [1.82, 2.24) is 9.62 Å². The van der Waals surface area contributed by atoms with Gasteiger partial charge in [0.2, 0.25) is 21.8 Å². The Balaban J connectivity index is 1.33. The number of carbonyl (C=O) groups is 2. The quantitative estimate of drug-likeness (QED) is 0.684. The van der Waals surface area contributed by atoms with Crippen LogP contribution in [-0.4, -0.2) is 50.2 Å². The molecule has 0 aliphatic carbocycles. The number of sulfonamides is 1. The molecule has 1 atom stereocenters. The van der Waals surface area contributed by atoms with Crippen LogP contribution in [0.25, 0.3) is 0 Å². The van der Waals surface area contributed by atoms with Crippen molar-refractivity contribution < 1.29 is 18.0 Å². The molecule has 0 aromatic heterocycles. The number of nitrogens with one attached hydrogen (secondary N) is 1. The minimum atomic E-state index is -3.65. The molecule has 2 aliphatic rings. The van der Waals surface area contributed by atoms with E-state index in [1.807, 2.05) is 13.8 Å². The lowest BCUT2D eigenvalue weighted by atomic mass is 9.97. The zero-order valence-electron chi connectivity index (χ0n) is 20.1. The number of hydrogen-bond donors (Lipinski definition) is 1. The van der Waals surface area contributed by atoms with Gasteiger partial charge in [-0.05, 0) is 68.9 Å². The molecular formula is C26H33N3O4S. The second-order valence-electron chi connectivity index (χ2n) is 9.44. The van der Waals surface area contributed by atoms with E-state index in [1.54, 1.807) is 23.1 Å². The molecule has 0 saturated carbocycles. The van der Waals surface area contributed by atoms with Crippen molar-refractivity contribution in [3.05, 3.63) is 59.2 Å². The van der Waals surface area contributed by atoms with Gasteiger partial charge in [-0.2, -0.15) is 4.31 Å². The van der Waals surface area contributed by atoms with Crippen molar-refractivity contribution >= 4 is 27.5 Å². The van der Waals surface area contributed by atoms with Crippen LogP contribution in [-0.2, 0) is 32.5 Å². The molecule has 2 amide bonds. The van der Waals surface area contributed by atoms with E-state index in [0.717, 1.165) is 17.7 Å². The maximum Gasteiger partial charge on any atom is 0.243 e. The van der Waals surface area contributed by atoms with Gasteiger partial charge in [0, 0.05) is 44.2 Å². The van der Waals surface area contributed by atoms with Gasteiger partial charge in [0.1, 0.15) is 0 Å². The number of carbonyl (C=O) groups excluding carboxylic acids is 2. The highest BCUT2D eigenvalue weighted by atomic mass is 32.2. The molecule has 7 nitrogen and oxygen atoms in total. The summed E-state index contributed by atoms with van der Waals surface area (Å²) >= 11 is 0. The third-order valence-electron chi connectivity index (χ3n) is 6.90. The van der Waals surface area contributed by atoms with Crippen molar-refractivity contribution in [2.24, 2.45) is 5.92 Å². The van der Waals surface area contributed by atoms with E-state index in [4.69, 9.17) is 0 Å². The first kappa shape index (κ1) is 24.4. The van der Waals surface area contributed by atoms with Gasteiger partial charge in [-0.25, -0.2) is 8.42 Å². The van der Waals surface area contributed by atoms with Crippen LogP contribution < -0.4 is 10.2 Å². The van der Waals surface area contributed by atoms with Crippen molar-refractivity contribution in [3.8, 4) is 0 Å². The van der Waals surface area contributed by atoms with Gasteiger partial charge in [0.15, 0.2) is 0 Å². The topological polar surface area (TPSA) is 86.8 Å². The predicted molar refractivity (Wildman–Crippen MR) is 132 cm³/mol. The van der Waals surface area contributed by atoms with Gasteiger partial charge in [-0.1, -0.05) is 29.8 Å². The highest BCUT2D eigenvalue weighted by Gasteiger charge is 2.34. The van der Waals surface area contributed by atoms with Crippen LogP contribution in [0.4, 0.5) is 5.69 Å². The second-order valence-corrected chi connectivity index (χ2v) is 11.4. The number of amides is 2. The summed E-state index contributed by atoms with van der Waals surface area (Å²) in [7, 11) is -3.65. The fourth-order valence-corrected chi connectivity index (χ4v) is 6.51. The van der Waals surface area contributed by atoms with Gasteiger partial charge in [0.25, 0.3) is 0 Å². The lowest BCUT2D eigenvalue weighted by molar-refractivity contribution is -0.126. The monoisotopic (exact) mass is 483 g/mol. The van der Waals surface area contributed by atoms with Crippen molar-refractivity contribution in [1.29, 1.82) is 0 Å². The molecule has 0 radical (unpaired) electrons. The van der Waals surface area contributed by atoms with Crippen LogP contribution in [0.3, 0.4) is 0 Å². The average molecular weight is 484 g/mol. The molecule has 0 spiro atoms. The minimum Gasteiger partial charge on any atom is -0.356 e. The summed E-state index contributed by atoms with van der Waals surface area (Å²) < 4.78 is 28.0. The largest absolute Gasteiger partial charge is 0.356 e.